The molecule has 26 heavy (non-hydrogen) atoms. The maximum atomic E-state index is 11.9. The van der Waals surface area contributed by atoms with Gasteiger partial charge in [0.1, 0.15) is 11.4 Å². The van der Waals surface area contributed by atoms with Gasteiger partial charge in [-0.05, 0) is 19.9 Å². The lowest BCUT2D eigenvalue weighted by molar-refractivity contribution is -0.383. The van der Waals surface area contributed by atoms with Crippen molar-refractivity contribution >= 4 is 52.2 Å². The van der Waals surface area contributed by atoms with Crippen LogP contribution < -0.4 is 5.43 Å². The van der Waals surface area contributed by atoms with Gasteiger partial charge in [0.05, 0.1) is 34.6 Å². The van der Waals surface area contributed by atoms with Gasteiger partial charge in [-0.2, -0.15) is 5.10 Å². The summed E-state index contributed by atoms with van der Waals surface area (Å²) in [6.45, 7) is 3.57. The number of benzene rings is 1. The van der Waals surface area contributed by atoms with Crippen LogP contribution in [0.25, 0.3) is 0 Å². The van der Waals surface area contributed by atoms with E-state index in [2.05, 4.69) is 10.5 Å². The van der Waals surface area contributed by atoms with Crippen molar-refractivity contribution in [2.45, 2.75) is 26.7 Å². The summed E-state index contributed by atoms with van der Waals surface area (Å²) in [6.07, 6.45) is -0.170. The zero-order chi connectivity index (χ0) is 19.7. The highest BCUT2D eigenvalue weighted by Crippen LogP contribution is 2.34. The number of nitrogens with one attached hydrogen (secondary N) is 1. The smallest absolute Gasteiger partial charge is 0.354 e. The van der Waals surface area contributed by atoms with Gasteiger partial charge in [-0.1, -0.05) is 23.2 Å². The van der Waals surface area contributed by atoms with E-state index in [1.807, 2.05) is 0 Å². The van der Waals surface area contributed by atoms with E-state index in [-0.39, 0.29) is 53.2 Å². The molecule has 0 bridgehead atoms. The first-order valence-corrected chi connectivity index (χ1v) is 8.34. The Hall–Kier alpha value is -2.39. The standard InChI is InChI=1S/C15H17Cl2N3O6/c1-3-25-14(21)6-5-11(15(22)26-4-2)18-19-12-7-9(16)10(17)8-13(12)20(23)24/h7-8,19H,3-6H2,1-2H3. The molecule has 9 nitrogen and oxygen atoms in total. The maximum absolute atomic E-state index is 11.9. The molecule has 0 aliphatic rings. The Bertz CT molecular complexity index is 724. The summed E-state index contributed by atoms with van der Waals surface area (Å²) in [6, 6.07) is 2.27. The third kappa shape index (κ3) is 6.49. The molecule has 0 heterocycles. The van der Waals surface area contributed by atoms with Gasteiger partial charge in [0.2, 0.25) is 0 Å². The van der Waals surface area contributed by atoms with Crippen molar-refractivity contribution in [1.82, 2.24) is 0 Å². The van der Waals surface area contributed by atoms with Crippen LogP contribution in [0, 0.1) is 10.1 Å². The molecule has 0 spiro atoms. The predicted molar refractivity (Wildman–Crippen MR) is 96.7 cm³/mol. The van der Waals surface area contributed by atoms with Crippen LogP contribution >= 0.6 is 23.2 Å². The quantitative estimate of drug-likeness (QED) is 0.288. The fraction of sp³-hybridized carbons (Fsp3) is 0.400. The Labute approximate surface area is 159 Å². The average Bonchev–Trinajstić information content (AvgIpc) is 2.57. The van der Waals surface area contributed by atoms with Gasteiger partial charge in [-0.25, -0.2) is 4.79 Å². The molecule has 11 heteroatoms. The van der Waals surface area contributed by atoms with Crippen molar-refractivity contribution in [1.29, 1.82) is 0 Å². The Morgan fingerprint density at radius 2 is 1.77 bits per heavy atom. The number of halogens is 2. The number of nitro groups is 1. The average molecular weight is 406 g/mol. The minimum absolute atomic E-state index is 0.000763. The van der Waals surface area contributed by atoms with Crippen LogP contribution in [-0.4, -0.2) is 35.8 Å². The molecular formula is C15H17Cl2N3O6. The summed E-state index contributed by atoms with van der Waals surface area (Å²) in [4.78, 5) is 33.8. The van der Waals surface area contributed by atoms with Gasteiger partial charge >= 0.3 is 11.9 Å². The Balaban J connectivity index is 3.06. The number of ether oxygens (including phenoxy) is 2. The molecule has 0 aromatic heterocycles. The molecule has 0 aliphatic carbocycles. The molecule has 0 fully saturated rings. The van der Waals surface area contributed by atoms with E-state index in [4.69, 9.17) is 32.7 Å². The normalized spacial score (nSPS) is 11.0. The number of hydrogen-bond donors (Lipinski definition) is 1. The molecule has 1 N–H and O–H groups in total. The molecule has 0 atom stereocenters. The topological polar surface area (TPSA) is 120 Å². The highest BCUT2D eigenvalue weighted by Gasteiger charge is 2.19. The van der Waals surface area contributed by atoms with Gasteiger partial charge in [0.15, 0.2) is 0 Å². The largest absolute Gasteiger partial charge is 0.466 e. The predicted octanol–water partition coefficient (Wildman–Crippen LogP) is 3.58. The number of anilines is 1. The van der Waals surface area contributed by atoms with Crippen molar-refractivity contribution in [3.8, 4) is 0 Å². The van der Waals surface area contributed by atoms with E-state index in [0.29, 0.717) is 0 Å². The Kier molecular flexibility index (Phi) is 8.80. The van der Waals surface area contributed by atoms with Crippen molar-refractivity contribution in [2.24, 2.45) is 5.10 Å². The first kappa shape index (κ1) is 21.7. The minimum atomic E-state index is -0.757. The lowest BCUT2D eigenvalue weighted by Gasteiger charge is -2.08. The maximum Gasteiger partial charge on any atom is 0.354 e. The molecule has 0 radical (unpaired) electrons. The van der Waals surface area contributed by atoms with Crippen molar-refractivity contribution < 1.29 is 24.0 Å². The van der Waals surface area contributed by atoms with Gasteiger partial charge in [-0.3, -0.25) is 20.3 Å². The molecular weight excluding hydrogens is 389 g/mol. The molecule has 142 valence electrons. The van der Waals surface area contributed by atoms with Crippen molar-refractivity contribution in [3.05, 3.63) is 32.3 Å². The summed E-state index contributed by atoms with van der Waals surface area (Å²) in [5.41, 5.74) is 1.84. The molecule has 1 aromatic rings. The minimum Gasteiger partial charge on any atom is -0.466 e. The van der Waals surface area contributed by atoms with Crippen LogP contribution in [0.2, 0.25) is 10.0 Å². The first-order chi connectivity index (χ1) is 12.3. The molecule has 0 saturated heterocycles. The second kappa shape index (κ2) is 10.6. The van der Waals surface area contributed by atoms with Crippen LogP contribution in [0.4, 0.5) is 11.4 Å². The molecule has 1 aromatic carbocycles. The Morgan fingerprint density at radius 1 is 1.15 bits per heavy atom. The first-order valence-electron chi connectivity index (χ1n) is 7.58. The van der Waals surface area contributed by atoms with Crippen LogP contribution in [0.1, 0.15) is 26.7 Å². The van der Waals surface area contributed by atoms with Crippen LogP contribution in [-0.2, 0) is 19.1 Å². The van der Waals surface area contributed by atoms with E-state index < -0.39 is 16.9 Å². The molecule has 0 amide bonds. The van der Waals surface area contributed by atoms with E-state index in [9.17, 15) is 19.7 Å². The number of esters is 2. The highest BCUT2D eigenvalue weighted by atomic mass is 35.5. The second-order valence-corrected chi connectivity index (χ2v) is 5.55. The molecule has 0 saturated carbocycles. The molecule has 0 unspecified atom stereocenters. The van der Waals surface area contributed by atoms with Crippen molar-refractivity contribution in [3.63, 3.8) is 0 Å². The summed E-state index contributed by atoms with van der Waals surface area (Å²) in [5, 5.41) is 15.0. The highest BCUT2D eigenvalue weighted by molar-refractivity contribution is 6.42. The van der Waals surface area contributed by atoms with Gasteiger partial charge in [0, 0.05) is 12.5 Å². The SMILES string of the molecule is CCOC(=O)CCC(=NNc1cc(Cl)c(Cl)cc1[N+](=O)[O-])C(=O)OCC. The third-order valence-corrected chi connectivity index (χ3v) is 3.65. The van der Waals surface area contributed by atoms with E-state index in [1.165, 1.54) is 6.07 Å². The molecule has 1 rings (SSSR count). The van der Waals surface area contributed by atoms with Crippen LogP contribution in [0.5, 0.6) is 0 Å². The van der Waals surface area contributed by atoms with Crippen LogP contribution in [0.3, 0.4) is 0 Å². The monoisotopic (exact) mass is 405 g/mol. The third-order valence-electron chi connectivity index (χ3n) is 2.93. The zero-order valence-electron chi connectivity index (χ0n) is 14.1. The zero-order valence-corrected chi connectivity index (χ0v) is 15.6. The van der Waals surface area contributed by atoms with E-state index >= 15 is 0 Å². The molecule has 0 aliphatic heterocycles. The number of nitro benzene ring substituents is 1. The summed E-state index contributed by atoms with van der Waals surface area (Å²) >= 11 is 11.6. The van der Waals surface area contributed by atoms with E-state index in [0.717, 1.165) is 6.07 Å². The second-order valence-electron chi connectivity index (χ2n) is 4.74. The number of carbonyl (C=O) groups excluding carboxylic acids is 2. The summed E-state index contributed by atoms with van der Waals surface area (Å²) in [7, 11) is 0. The van der Waals surface area contributed by atoms with E-state index in [1.54, 1.807) is 13.8 Å². The number of hydrogen-bond acceptors (Lipinski definition) is 8. The Morgan fingerprint density at radius 3 is 2.35 bits per heavy atom. The van der Waals surface area contributed by atoms with Gasteiger partial charge < -0.3 is 9.47 Å². The number of carbonyl (C=O) groups is 2. The summed E-state index contributed by atoms with van der Waals surface area (Å²) in [5.74, 6) is -1.27. The number of nitrogens with zero attached hydrogens (tertiary/aromatic N) is 2. The lowest BCUT2D eigenvalue weighted by atomic mass is 10.2. The van der Waals surface area contributed by atoms with Gasteiger partial charge in [-0.15, -0.1) is 0 Å². The lowest BCUT2D eigenvalue weighted by Crippen LogP contribution is -2.20. The fourth-order valence-corrected chi connectivity index (χ4v) is 2.10. The van der Waals surface area contributed by atoms with Gasteiger partial charge in [0.25, 0.3) is 5.69 Å². The summed E-state index contributed by atoms with van der Waals surface area (Å²) < 4.78 is 9.65. The number of hydrazone groups is 1. The number of rotatable bonds is 9. The van der Waals surface area contributed by atoms with Crippen molar-refractivity contribution in [2.75, 3.05) is 18.6 Å². The fourth-order valence-electron chi connectivity index (χ4n) is 1.78. The van der Waals surface area contributed by atoms with Crippen LogP contribution in [0.15, 0.2) is 17.2 Å².